The van der Waals surface area contributed by atoms with Gasteiger partial charge in [0.2, 0.25) is 5.88 Å². The molecule has 0 amide bonds. The summed E-state index contributed by atoms with van der Waals surface area (Å²) in [6.45, 7) is 2.38. The zero-order valence-electron chi connectivity index (χ0n) is 19.9. The number of fused-ring (bicyclic) bond motifs is 3. The average molecular weight is 492 g/mol. The molecular formula is C23H29N3O7S. The molecule has 1 aromatic heterocycles. The molecule has 0 unspecified atom stereocenters. The van der Waals surface area contributed by atoms with E-state index in [1.807, 2.05) is 19.1 Å². The number of benzene rings is 1. The van der Waals surface area contributed by atoms with Gasteiger partial charge in [0.1, 0.15) is 0 Å². The van der Waals surface area contributed by atoms with Gasteiger partial charge >= 0.3 is 6.01 Å². The van der Waals surface area contributed by atoms with Crippen molar-refractivity contribution in [2.45, 2.75) is 44.2 Å². The second-order valence-electron chi connectivity index (χ2n) is 8.19. The molecule has 34 heavy (non-hydrogen) atoms. The second-order valence-corrected chi connectivity index (χ2v) is 9.79. The molecule has 10 nitrogen and oxygen atoms in total. The molecule has 0 saturated heterocycles. The van der Waals surface area contributed by atoms with Crippen molar-refractivity contribution in [1.29, 1.82) is 0 Å². The van der Waals surface area contributed by atoms with Crippen molar-refractivity contribution in [3.8, 4) is 23.4 Å². The Hall–Kier alpha value is -2.92. The molecule has 4 rings (SSSR count). The number of nitrogens with zero attached hydrogens (tertiary/aromatic N) is 3. The number of ether oxygens (including phenoxy) is 4. The molecule has 2 aliphatic rings. The van der Waals surface area contributed by atoms with Gasteiger partial charge in [-0.05, 0) is 43.9 Å². The van der Waals surface area contributed by atoms with Crippen LogP contribution in [0.1, 0.15) is 48.8 Å². The molecule has 1 aliphatic carbocycles. The normalized spacial score (nSPS) is 21.7. The third-order valence-electron chi connectivity index (χ3n) is 6.02. The molecule has 0 N–H and O–H groups in total. The molecule has 2 heterocycles. The maximum absolute atomic E-state index is 11.8. The third kappa shape index (κ3) is 4.80. The van der Waals surface area contributed by atoms with Crippen LogP contribution in [-0.2, 0) is 14.3 Å². The SMILES string of the molecule is CCOc1cc2c(cc1OC)C(c1cnc(OC)nc1OC)=N[C@@H]1CC[C@@H](OS(C)(=O)=O)C[C@H]21. The number of methoxy groups -OCH3 is 3. The minimum Gasteiger partial charge on any atom is -0.493 e. The third-order valence-corrected chi connectivity index (χ3v) is 6.65. The summed E-state index contributed by atoms with van der Waals surface area (Å²) in [6, 6.07) is 3.97. The van der Waals surface area contributed by atoms with Crippen molar-refractivity contribution in [2.75, 3.05) is 34.2 Å². The Labute approximate surface area is 199 Å². The standard InChI is InChI=1S/C23H29N3O7S/c1-6-32-20-10-14-15-9-13(33-34(5,27)28)7-8-18(15)25-21(16(14)11-19(20)29-2)17-12-24-23(31-4)26-22(17)30-3/h10-13,15,18H,6-9H2,1-5H3/t13-,15-,18-/m1/s1. The van der Waals surface area contributed by atoms with E-state index in [1.165, 1.54) is 14.2 Å². The van der Waals surface area contributed by atoms with E-state index in [-0.39, 0.29) is 18.0 Å². The molecule has 2 aromatic rings. The molecule has 1 saturated carbocycles. The van der Waals surface area contributed by atoms with E-state index in [0.717, 1.165) is 17.4 Å². The van der Waals surface area contributed by atoms with E-state index < -0.39 is 16.2 Å². The average Bonchev–Trinajstić information content (AvgIpc) is 2.82. The largest absolute Gasteiger partial charge is 0.493 e. The lowest BCUT2D eigenvalue weighted by Gasteiger charge is -2.38. The summed E-state index contributed by atoms with van der Waals surface area (Å²) < 4.78 is 51.0. The predicted octanol–water partition coefficient (Wildman–Crippen LogP) is 2.73. The number of hydrogen-bond donors (Lipinski definition) is 0. The van der Waals surface area contributed by atoms with Crippen molar-refractivity contribution in [2.24, 2.45) is 4.99 Å². The number of aliphatic imine (C=N–C) groups is 1. The van der Waals surface area contributed by atoms with Gasteiger partial charge < -0.3 is 18.9 Å². The fourth-order valence-corrected chi connectivity index (χ4v) is 5.34. The van der Waals surface area contributed by atoms with Crippen molar-refractivity contribution in [3.63, 3.8) is 0 Å². The lowest BCUT2D eigenvalue weighted by molar-refractivity contribution is 0.141. The summed E-state index contributed by atoms with van der Waals surface area (Å²) in [5, 5.41) is 0. The Balaban J connectivity index is 1.85. The summed E-state index contributed by atoms with van der Waals surface area (Å²) >= 11 is 0. The highest BCUT2D eigenvalue weighted by molar-refractivity contribution is 7.86. The Bertz CT molecular complexity index is 1200. The van der Waals surface area contributed by atoms with Crippen molar-refractivity contribution in [3.05, 3.63) is 35.0 Å². The van der Waals surface area contributed by atoms with E-state index in [0.29, 0.717) is 54.5 Å². The molecule has 0 radical (unpaired) electrons. The fraction of sp³-hybridized carbons (Fsp3) is 0.522. The highest BCUT2D eigenvalue weighted by Crippen LogP contribution is 2.46. The zero-order chi connectivity index (χ0) is 24.5. The van der Waals surface area contributed by atoms with Crippen LogP contribution in [0, 0.1) is 0 Å². The first-order valence-corrected chi connectivity index (χ1v) is 12.9. The lowest BCUT2D eigenvalue weighted by Crippen LogP contribution is -2.36. The first-order chi connectivity index (χ1) is 16.3. The fourth-order valence-electron chi connectivity index (χ4n) is 4.67. The summed E-state index contributed by atoms with van der Waals surface area (Å²) in [5.41, 5.74) is 3.12. The molecule has 0 bridgehead atoms. The maximum atomic E-state index is 11.8. The molecule has 184 valence electrons. The Morgan fingerprint density at radius 1 is 1.03 bits per heavy atom. The monoisotopic (exact) mass is 491 g/mol. The Kier molecular flexibility index (Phi) is 6.94. The van der Waals surface area contributed by atoms with E-state index in [1.54, 1.807) is 13.3 Å². The van der Waals surface area contributed by atoms with Crippen LogP contribution in [0.3, 0.4) is 0 Å². The van der Waals surface area contributed by atoms with Gasteiger partial charge in [0.05, 0.1) is 57.6 Å². The summed E-state index contributed by atoms with van der Waals surface area (Å²) in [7, 11) is 1.04. The summed E-state index contributed by atoms with van der Waals surface area (Å²) in [4.78, 5) is 13.7. The highest BCUT2D eigenvalue weighted by atomic mass is 32.2. The topological polar surface area (TPSA) is 118 Å². The van der Waals surface area contributed by atoms with Crippen molar-refractivity contribution >= 4 is 15.8 Å². The van der Waals surface area contributed by atoms with Gasteiger partial charge in [0.25, 0.3) is 10.1 Å². The van der Waals surface area contributed by atoms with Crippen LogP contribution < -0.4 is 18.9 Å². The summed E-state index contributed by atoms with van der Waals surface area (Å²) in [5.74, 6) is 1.49. The van der Waals surface area contributed by atoms with Gasteiger partial charge in [-0.1, -0.05) is 0 Å². The van der Waals surface area contributed by atoms with Crippen molar-refractivity contribution < 1.29 is 31.5 Å². The zero-order valence-corrected chi connectivity index (χ0v) is 20.7. The first-order valence-electron chi connectivity index (χ1n) is 11.0. The molecular weight excluding hydrogens is 462 g/mol. The van der Waals surface area contributed by atoms with Gasteiger partial charge in [-0.2, -0.15) is 13.4 Å². The van der Waals surface area contributed by atoms with Gasteiger partial charge in [0.15, 0.2) is 11.5 Å². The van der Waals surface area contributed by atoms with Crippen LogP contribution in [0.4, 0.5) is 0 Å². The minimum atomic E-state index is -3.56. The van der Waals surface area contributed by atoms with E-state index in [9.17, 15) is 8.42 Å². The first kappa shape index (κ1) is 24.2. The van der Waals surface area contributed by atoms with E-state index >= 15 is 0 Å². The molecule has 1 aromatic carbocycles. The van der Waals surface area contributed by atoms with Crippen LogP contribution in [0.15, 0.2) is 23.3 Å². The molecule has 1 aliphatic heterocycles. The molecule has 11 heteroatoms. The maximum Gasteiger partial charge on any atom is 0.319 e. The van der Waals surface area contributed by atoms with Crippen LogP contribution in [0.2, 0.25) is 0 Å². The van der Waals surface area contributed by atoms with Crippen molar-refractivity contribution in [1.82, 2.24) is 9.97 Å². The van der Waals surface area contributed by atoms with Crippen LogP contribution in [0.25, 0.3) is 0 Å². The highest BCUT2D eigenvalue weighted by Gasteiger charge is 2.39. The van der Waals surface area contributed by atoms with E-state index in [4.69, 9.17) is 28.1 Å². The Morgan fingerprint density at radius 2 is 1.82 bits per heavy atom. The molecule has 0 spiro atoms. The second kappa shape index (κ2) is 9.75. The number of hydrogen-bond acceptors (Lipinski definition) is 10. The molecule has 1 fully saturated rings. The van der Waals surface area contributed by atoms with Crippen LogP contribution in [0.5, 0.6) is 23.4 Å². The van der Waals surface area contributed by atoms with Crippen LogP contribution >= 0.6 is 0 Å². The van der Waals surface area contributed by atoms with Gasteiger partial charge in [-0.25, -0.2) is 4.98 Å². The van der Waals surface area contributed by atoms with E-state index in [2.05, 4.69) is 9.97 Å². The minimum absolute atomic E-state index is 0.0467. The number of aromatic nitrogens is 2. The Morgan fingerprint density at radius 3 is 2.47 bits per heavy atom. The quantitative estimate of drug-likeness (QED) is 0.514. The lowest BCUT2D eigenvalue weighted by atomic mass is 9.74. The van der Waals surface area contributed by atoms with Gasteiger partial charge in [-0.3, -0.25) is 9.18 Å². The predicted molar refractivity (Wildman–Crippen MR) is 125 cm³/mol. The van der Waals surface area contributed by atoms with Crippen LogP contribution in [-0.4, -0.2) is 70.4 Å². The van der Waals surface area contributed by atoms with Gasteiger partial charge in [-0.15, -0.1) is 0 Å². The number of rotatable bonds is 8. The van der Waals surface area contributed by atoms with Gasteiger partial charge in [0, 0.05) is 17.7 Å². The summed E-state index contributed by atoms with van der Waals surface area (Å²) in [6.07, 6.45) is 4.09. The smallest absolute Gasteiger partial charge is 0.319 e. The molecule has 3 atom stereocenters.